The van der Waals surface area contributed by atoms with Crippen LogP contribution in [0.5, 0.6) is 0 Å². The molecule has 9 heteroatoms. The molecule has 0 radical (unpaired) electrons. The molecule has 0 fully saturated rings. The lowest BCUT2D eigenvalue weighted by atomic mass is 10.0. The molecule has 0 saturated heterocycles. The highest BCUT2D eigenvalue weighted by Gasteiger charge is 2.35. The molecule has 0 heterocycles. The van der Waals surface area contributed by atoms with Crippen molar-refractivity contribution in [2.75, 3.05) is 10.8 Å². The van der Waals surface area contributed by atoms with Crippen LogP contribution in [-0.4, -0.2) is 43.8 Å². The van der Waals surface area contributed by atoms with Crippen LogP contribution in [0.25, 0.3) is 0 Å². The second-order valence-electron chi connectivity index (χ2n) is 11.3. The third-order valence-corrected chi connectivity index (χ3v) is 9.48. The van der Waals surface area contributed by atoms with Gasteiger partial charge in [-0.15, -0.1) is 0 Å². The largest absolute Gasteiger partial charge is 0.352 e. The van der Waals surface area contributed by atoms with Crippen molar-refractivity contribution in [3.63, 3.8) is 0 Å². The number of nitrogens with one attached hydrogen (secondary N) is 1. The maximum Gasteiger partial charge on any atom is 0.264 e. The zero-order valence-corrected chi connectivity index (χ0v) is 27.7. The number of rotatable bonds is 13. The lowest BCUT2D eigenvalue weighted by Crippen LogP contribution is -2.54. The second kappa shape index (κ2) is 15.2. The first-order chi connectivity index (χ1) is 21.5. The molecule has 0 unspecified atom stereocenters. The number of benzene rings is 4. The summed E-state index contributed by atoms with van der Waals surface area (Å²) in [5.74, 6) is -0.845. The lowest BCUT2D eigenvalue weighted by molar-refractivity contribution is -0.140. The molecule has 4 aromatic carbocycles. The van der Waals surface area contributed by atoms with Crippen molar-refractivity contribution in [3.05, 3.63) is 130 Å². The molecule has 0 aliphatic heterocycles. The minimum absolute atomic E-state index is 0.0518. The summed E-state index contributed by atoms with van der Waals surface area (Å²) < 4.78 is 29.7. The quantitative estimate of drug-likeness (QED) is 0.178. The summed E-state index contributed by atoms with van der Waals surface area (Å²) >= 11 is 6.31. The summed E-state index contributed by atoms with van der Waals surface area (Å²) in [5, 5.41) is 3.46. The van der Waals surface area contributed by atoms with Crippen LogP contribution in [0.1, 0.15) is 43.0 Å². The number of hydrogen-bond donors (Lipinski definition) is 1. The Balaban J connectivity index is 1.83. The molecule has 7 nitrogen and oxygen atoms in total. The van der Waals surface area contributed by atoms with E-state index in [1.54, 1.807) is 54.6 Å². The average molecular weight is 646 g/mol. The third kappa shape index (κ3) is 8.74. The standard InChI is InChI=1S/C36H40ClN3O4S/c1-5-30-15-9-10-17-33(30)40(45(43,44)32-20-18-27(4)19-21-32)25-35(41)39(24-29-14-11-16-31(37)22-29)34(36(42)38-26(2)3)23-28-12-7-6-8-13-28/h6-22,26,34H,5,23-25H2,1-4H3,(H,38,42)/t34-/m0/s1. The number of hydrogen-bond acceptors (Lipinski definition) is 4. The normalized spacial score (nSPS) is 12.0. The van der Waals surface area contributed by atoms with Crippen LogP contribution in [0, 0.1) is 6.92 Å². The average Bonchev–Trinajstić information content (AvgIpc) is 3.01. The van der Waals surface area contributed by atoms with E-state index >= 15 is 0 Å². The zero-order chi connectivity index (χ0) is 32.6. The van der Waals surface area contributed by atoms with E-state index in [0.717, 1.165) is 16.7 Å². The zero-order valence-electron chi connectivity index (χ0n) is 26.1. The minimum atomic E-state index is -4.17. The number of para-hydroxylation sites is 1. The van der Waals surface area contributed by atoms with Crippen molar-refractivity contribution in [3.8, 4) is 0 Å². The monoisotopic (exact) mass is 645 g/mol. The summed E-state index contributed by atoms with van der Waals surface area (Å²) in [5.41, 5.74) is 3.70. The van der Waals surface area contributed by atoms with Crippen LogP contribution in [0.15, 0.2) is 108 Å². The lowest BCUT2D eigenvalue weighted by Gasteiger charge is -2.34. The fraction of sp³-hybridized carbons (Fsp3) is 0.278. The summed E-state index contributed by atoms with van der Waals surface area (Å²) in [4.78, 5) is 29.9. The second-order valence-corrected chi connectivity index (χ2v) is 13.6. The summed E-state index contributed by atoms with van der Waals surface area (Å²) in [7, 11) is -4.17. The molecule has 0 bridgehead atoms. The van der Waals surface area contributed by atoms with Crippen LogP contribution in [0.2, 0.25) is 5.02 Å². The van der Waals surface area contributed by atoms with E-state index in [1.807, 2.05) is 76.2 Å². The van der Waals surface area contributed by atoms with Gasteiger partial charge in [-0.25, -0.2) is 8.42 Å². The highest BCUT2D eigenvalue weighted by Crippen LogP contribution is 2.29. The molecule has 4 rings (SSSR count). The smallest absolute Gasteiger partial charge is 0.264 e. The van der Waals surface area contributed by atoms with Gasteiger partial charge in [0.25, 0.3) is 10.0 Å². The SMILES string of the molecule is CCc1ccccc1N(CC(=O)N(Cc1cccc(Cl)c1)[C@@H](Cc1ccccc1)C(=O)NC(C)C)S(=O)(=O)c1ccc(C)cc1. The van der Waals surface area contributed by atoms with Crippen molar-refractivity contribution < 1.29 is 18.0 Å². The van der Waals surface area contributed by atoms with Crippen molar-refractivity contribution in [1.82, 2.24) is 10.2 Å². The molecule has 1 N–H and O–H groups in total. The predicted molar refractivity (Wildman–Crippen MR) is 181 cm³/mol. The molecular weight excluding hydrogens is 606 g/mol. The van der Waals surface area contributed by atoms with Gasteiger partial charge in [0.05, 0.1) is 10.6 Å². The molecular formula is C36H40ClN3O4S. The highest BCUT2D eigenvalue weighted by molar-refractivity contribution is 7.92. The van der Waals surface area contributed by atoms with Crippen LogP contribution >= 0.6 is 11.6 Å². The molecule has 1 atom stereocenters. The summed E-state index contributed by atoms with van der Waals surface area (Å²) in [6.45, 7) is 7.09. The van der Waals surface area contributed by atoms with Gasteiger partial charge in [-0.05, 0) is 74.2 Å². The Morgan fingerprint density at radius 1 is 0.844 bits per heavy atom. The first kappa shape index (κ1) is 33.7. The fourth-order valence-electron chi connectivity index (χ4n) is 5.17. The molecule has 0 aromatic heterocycles. The fourth-order valence-corrected chi connectivity index (χ4v) is 6.84. The summed E-state index contributed by atoms with van der Waals surface area (Å²) in [6.07, 6.45) is 0.798. The number of aryl methyl sites for hydroxylation is 2. The molecule has 236 valence electrons. The van der Waals surface area contributed by atoms with Crippen LogP contribution in [-0.2, 0) is 39.0 Å². The molecule has 0 aliphatic rings. The van der Waals surface area contributed by atoms with Gasteiger partial charge >= 0.3 is 0 Å². The van der Waals surface area contributed by atoms with Gasteiger partial charge in [0, 0.05) is 24.0 Å². The minimum Gasteiger partial charge on any atom is -0.352 e. The van der Waals surface area contributed by atoms with E-state index in [2.05, 4.69) is 5.32 Å². The molecule has 0 spiro atoms. The Morgan fingerprint density at radius 3 is 2.13 bits per heavy atom. The number of sulfonamides is 1. The van der Waals surface area contributed by atoms with Crippen LogP contribution in [0.3, 0.4) is 0 Å². The Kier molecular flexibility index (Phi) is 11.4. The molecule has 2 amide bonds. The Labute approximate surface area is 271 Å². The van der Waals surface area contributed by atoms with Crippen molar-refractivity contribution in [2.24, 2.45) is 0 Å². The molecule has 0 saturated carbocycles. The van der Waals surface area contributed by atoms with Gasteiger partial charge in [-0.1, -0.05) is 96.9 Å². The maximum absolute atomic E-state index is 14.6. The summed E-state index contributed by atoms with van der Waals surface area (Å²) in [6, 6.07) is 29.2. The van der Waals surface area contributed by atoms with Gasteiger partial charge < -0.3 is 10.2 Å². The molecule has 45 heavy (non-hydrogen) atoms. The van der Waals surface area contributed by atoms with Crippen molar-refractivity contribution >= 4 is 39.1 Å². The predicted octanol–water partition coefficient (Wildman–Crippen LogP) is 6.57. The van der Waals surface area contributed by atoms with Gasteiger partial charge in [0.15, 0.2) is 0 Å². The third-order valence-electron chi connectivity index (χ3n) is 7.47. The van der Waals surface area contributed by atoms with E-state index in [0.29, 0.717) is 22.7 Å². The van der Waals surface area contributed by atoms with E-state index < -0.39 is 28.5 Å². The van der Waals surface area contributed by atoms with E-state index in [4.69, 9.17) is 11.6 Å². The Hall–Kier alpha value is -4.14. The molecule has 4 aromatic rings. The van der Waals surface area contributed by atoms with Gasteiger partial charge in [0.2, 0.25) is 11.8 Å². The number of anilines is 1. The topological polar surface area (TPSA) is 86.8 Å². The number of amides is 2. The number of nitrogens with zero attached hydrogens (tertiary/aromatic N) is 2. The van der Waals surface area contributed by atoms with E-state index in [9.17, 15) is 18.0 Å². The molecule has 0 aliphatic carbocycles. The van der Waals surface area contributed by atoms with Crippen LogP contribution < -0.4 is 9.62 Å². The van der Waals surface area contributed by atoms with Gasteiger partial charge in [0.1, 0.15) is 12.6 Å². The first-order valence-electron chi connectivity index (χ1n) is 15.0. The van der Waals surface area contributed by atoms with Crippen molar-refractivity contribution in [2.45, 2.75) is 64.1 Å². The van der Waals surface area contributed by atoms with E-state index in [1.165, 1.54) is 9.21 Å². The number of halogens is 1. The van der Waals surface area contributed by atoms with E-state index in [-0.39, 0.29) is 29.8 Å². The highest BCUT2D eigenvalue weighted by atomic mass is 35.5. The first-order valence-corrected chi connectivity index (χ1v) is 16.9. The number of carbonyl (C=O) groups excluding carboxylic acids is 2. The Bertz CT molecular complexity index is 1710. The maximum atomic E-state index is 14.6. The van der Waals surface area contributed by atoms with Crippen LogP contribution in [0.4, 0.5) is 5.69 Å². The van der Waals surface area contributed by atoms with Gasteiger partial charge in [-0.2, -0.15) is 0 Å². The number of carbonyl (C=O) groups is 2. The van der Waals surface area contributed by atoms with Gasteiger partial charge in [-0.3, -0.25) is 13.9 Å². The van der Waals surface area contributed by atoms with Crippen molar-refractivity contribution in [1.29, 1.82) is 0 Å². The Morgan fingerprint density at radius 2 is 1.49 bits per heavy atom.